The van der Waals surface area contributed by atoms with Gasteiger partial charge in [0.1, 0.15) is 0 Å². The molecule has 2 aromatic carbocycles. The van der Waals surface area contributed by atoms with Gasteiger partial charge in [-0.3, -0.25) is 0 Å². The van der Waals surface area contributed by atoms with Crippen LogP contribution < -0.4 is 0 Å². The smallest absolute Gasteiger partial charge is 0.199 e. The quantitative estimate of drug-likeness (QED) is 0.730. The van der Waals surface area contributed by atoms with Crippen molar-refractivity contribution >= 4 is 20.8 Å². The highest BCUT2D eigenvalue weighted by atomic mass is 32.2. The van der Waals surface area contributed by atoms with Crippen LogP contribution in [0.3, 0.4) is 0 Å². The van der Waals surface area contributed by atoms with Gasteiger partial charge in [0, 0.05) is 0 Å². The third-order valence-electron chi connectivity index (χ3n) is 3.86. The number of nitrogens with zero attached hydrogens (tertiary/aromatic N) is 2. The van der Waals surface area contributed by atoms with Gasteiger partial charge >= 0.3 is 0 Å². The van der Waals surface area contributed by atoms with E-state index in [1.807, 2.05) is 44.2 Å². The van der Waals surface area contributed by atoms with Crippen molar-refractivity contribution in [1.82, 2.24) is 9.19 Å². The molecule has 5 heteroatoms. The number of hydrogen-bond acceptors (Lipinski definition) is 3. The lowest BCUT2D eigenvalue weighted by molar-refractivity contribution is 0.578. The van der Waals surface area contributed by atoms with Crippen LogP contribution >= 0.6 is 0 Å². The fourth-order valence-electron chi connectivity index (χ4n) is 2.35. The summed E-state index contributed by atoms with van der Waals surface area (Å²) in [6.45, 7) is 5.47. The van der Waals surface area contributed by atoms with E-state index >= 15 is 0 Å². The second kappa shape index (κ2) is 4.70. The Kier molecular flexibility index (Phi) is 3.10. The maximum Gasteiger partial charge on any atom is 0.283 e. The van der Waals surface area contributed by atoms with Crippen molar-refractivity contribution < 1.29 is 8.42 Å². The molecule has 3 aromatic rings. The number of fused-ring (bicyclic) bond motifs is 1. The summed E-state index contributed by atoms with van der Waals surface area (Å²) in [7, 11) is -3.66. The largest absolute Gasteiger partial charge is 0.283 e. The second-order valence-electron chi connectivity index (χ2n) is 5.15. The van der Waals surface area contributed by atoms with Crippen molar-refractivity contribution in [1.29, 1.82) is 0 Å². The molecule has 0 amide bonds. The van der Waals surface area contributed by atoms with E-state index in [9.17, 15) is 8.42 Å². The van der Waals surface area contributed by atoms with Crippen molar-refractivity contribution in [2.24, 2.45) is 0 Å². The average Bonchev–Trinajstić information content (AvgIpc) is 2.75. The van der Waals surface area contributed by atoms with Crippen LogP contribution in [-0.4, -0.2) is 17.6 Å². The first kappa shape index (κ1) is 13.8. The predicted molar refractivity (Wildman–Crippen MR) is 83.0 cm³/mol. The third kappa shape index (κ3) is 2.14. The molecule has 3 rings (SSSR count). The van der Waals surface area contributed by atoms with Crippen LogP contribution in [0.15, 0.2) is 47.4 Å². The van der Waals surface area contributed by atoms with Crippen LogP contribution in [0.5, 0.6) is 0 Å². The summed E-state index contributed by atoms with van der Waals surface area (Å²) < 4.78 is 26.7. The van der Waals surface area contributed by atoms with Gasteiger partial charge in [-0.15, -0.1) is 0 Å². The summed E-state index contributed by atoms with van der Waals surface area (Å²) in [5, 5.41) is 6.08. The fourth-order valence-corrected chi connectivity index (χ4v) is 3.80. The van der Waals surface area contributed by atoms with Gasteiger partial charge in [0.05, 0.1) is 16.3 Å². The number of aromatic nitrogens is 2. The molecule has 0 radical (unpaired) electrons. The standard InChI is InChI=1S/C16H16N2O2S/c1-11-12(2)17-18(13(11)3)21(19,20)16-9-8-14-6-4-5-7-15(14)10-16/h4-10H,1-3H3. The minimum absolute atomic E-state index is 0.256. The molecule has 0 saturated heterocycles. The molecule has 0 spiro atoms. The molecule has 0 N–H and O–H groups in total. The van der Waals surface area contributed by atoms with Gasteiger partial charge in [0.2, 0.25) is 0 Å². The van der Waals surface area contributed by atoms with E-state index in [-0.39, 0.29) is 4.90 Å². The Morgan fingerprint density at radius 1 is 0.952 bits per heavy atom. The van der Waals surface area contributed by atoms with Crippen molar-refractivity contribution in [2.45, 2.75) is 25.7 Å². The first-order valence-electron chi connectivity index (χ1n) is 6.68. The van der Waals surface area contributed by atoms with E-state index in [2.05, 4.69) is 5.10 Å². The molecule has 0 bridgehead atoms. The SMILES string of the molecule is Cc1nn(S(=O)(=O)c2ccc3ccccc3c2)c(C)c1C. The Morgan fingerprint density at radius 2 is 1.62 bits per heavy atom. The fraction of sp³-hybridized carbons (Fsp3) is 0.188. The molecule has 21 heavy (non-hydrogen) atoms. The summed E-state index contributed by atoms with van der Waals surface area (Å²) in [6, 6.07) is 12.8. The Labute approximate surface area is 124 Å². The van der Waals surface area contributed by atoms with Gasteiger partial charge < -0.3 is 0 Å². The molecule has 0 atom stereocenters. The van der Waals surface area contributed by atoms with Crippen molar-refractivity contribution in [2.75, 3.05) is 0 Å². The Bertz CT molecular complexity index is 940. The predicted octanol–water partition coefficient (Wildman–Crippen LogP) is 3.20. The molecule has 1 heterocycles. The molecule has 108 valence electrons. The Morgan fingerprint density at radius 3 is 2.24 bits per heavy atom. The number of benzene rings is 2. The summed E-state index contributed by atoms with van der Waals surface area (Å²) >= 11 is 0. The molecule has 0 aliphatic heterocycles. The normalized spacial score (nSPS) is 12.0. The maximum atomic E-state index is 12.8. The van der Waals surface area contributed by atoms with Crippen molar-refractivity contribution in [3.8, 4) is 0 Å². The summed E-state index contributed by atoms with van der Waals surface area (Å²) in [5.74, 6) is 0. The van der Waals surface area contributed by atoms with Gasteiger partial charge in [0.25, 0.3) is 10.0 Å². The second-order valence-corrected chi connectivity index (χ2v) is 6.92. The monoisotopic (exact) mass is 300 g/mol. The molecule has 1 aromatic heterocycles. The lowest BCUT2D eigenvalue weighted by Crippen LogP contribution is -2.16. The van der Waals surface area contributed by atoms with Gasteiger partial charge in [-0.1, -0.05) is 30.3 Å². The van der Waals surface area contributed by atoms with Gasteiger partial charge in [-0.25, -0.2) is 0 Å². The molecule has 4 nitrogen and oxygen atoms in total. The summed E-state index contributed by atoms with van der Waals surface area (Å²) in [6.07, 6.45) is 0. The highest BCUT2D eigenvalue weighted by Crippen LogP contribution is 2.23. The third-order valence-corrected chi connectivity index (χ3v) is 5.52. The van der Waals surface area contributed by atoms with Gasteiger partial charge in [-0.05, 0) is 49.2 Å². The van der Waals surface area contributed by atoms with E-state index in [1.165, 1.54) is 0 Å². The van der Waals surface area contributed by atoms with Crippen LogP contribution in [0, 0.1) is 20.8 Å². The van der Waals surface area contributed by atoms with E-state index < -0.39 is 10.0 Å². The molecule has 0 aliphatic carbocycles. The van der Waals surface area contributed by atoms with Crippen LogP contribution in [0.1, 0.15) is 17.0 Å². The van der Waals surface area contributed by atoms with E-state index in [0.29, 0.717) is 5.69 Å². The van der Waals surface area contributed by atoms with Gasteiger partial charge in [-0.2, -0.15) is 17.6 Å². The first-order valence-corrected chi connectivity index (χ1v) is 8.12. The molecule has 0 aliphatic rings. The lowest BCUT2D eigenvalue weighted by atomic mass is 10.1. The summed E-state index contributed by atoms with van der Waals surface area (Å²) in [4.78, 5) is 0.256. The summed E-state index contributed by atoms with van der Waals surface area (Å²) in [5.41, 5.74) is 2.29. The molecular weight excluding hydrogens is 284 g/mol. The Hall–Kier alpha value is -2.14. The van der Waals surface area contributed by atoms with Gasteiger partial charge in [0.15, 0.2) is 0 Å². The van der Waals surface area contributed by atoms with Crippen LogP contribution in [-0.2, 0) is 10.0 Å². The molecule has 0 fully saturated rings. The first-order chi connectivity index (χ1) is 9.91. The average molecular weight is 300 g/mol. The lowest BCUT2D eigenvalue weighted by Gasteiger charge is -2.08. The number of hydrogen-bond donors (Lipinski definition) is 0. The zero-order valence-electron chi connectivity index (χ0n) is 12.2. The zero-order chi connectivity index (χ0) is 15.2. The van der Waals surface area contributed by atoms with Crippen LogP contribution in [0.4, 0.5) is 0 Å². The van der Waals surface area contributed by atoms with E-state index in [0.717, 1.165) is 26.1 Å². The zero-order valence-corrected chi connectivity index (χ0v) is 13.0. The maximum absolute atomic E-state index is 12.8. The molecule has 0 saturated carbocycles. The van der Waals surface area contributed by atoms with Crippen LogP contribution in [0.2, 0.25) is 0 Å². The Balaban J connectivity index is 2.22. The van der Waals surface area contributed by atoms with E-state index in [4.69, 9.17) is 0 Å². The molecular formula is C16H16N2O2S. The minimum Gasteiger partial charge on any atom is -0.199 e. The highest BCUT2D eigenvalue weighted by molar-refractivity contribution is 7.89. The van der Waals surface area contributed by atoms with Crippen LogP contribution in [0.25, 0.3) is 10.8 Å². The highest BCUT2D eigenvalue weighted by Gasteiger charge is 2.22. The molecule has 0 unspecified atom stereocenters. The number of rotatable bonds is 2. The number of aryl methyl sites for hydroxylation is 1. The van der Waals surface area contributed by atoms with Crippen molar-refractivity contribution in [3.63, 3.8) is 0 Å². The van der Waals surface area contributed by atoms with Crippen molar-refractivity contribution in [3.05, 3.63) is 59.4 Å². The topological polar surface area (TPSA) is 52.0 Å². The minimum atomic E-state index is -3.66. The van der Waals surface area contributed by atoms with E-state index in [1.54, 1.807) is 19.1 Å².